The van der Waals surface area contributed by atoms with Crippen LogP contribution in [0.5, 0.6) is 0 Å². The molecule has 2 aromatic rings. The highest BCUT2D eigenvalue weighted by Gasteiger charge is 2.39. The zero-order valence-corrected chi connectivity index (χ0v) is 16.4. The maximum absolute atomic E-state index is 13.4. The molecule has 3 aliphatic rings. The summed E-state index contributed by atoms with van der Waals surface area (Å²) in [5.41, 5.74) is 5.49. The average Bonchev–Trinajstić information content (AvgIpc) is 3.26. The van der Waals surface area contributed by atoms with Gasteiger partial charge in [0.1, 0.15) is 10.9 Å². The lowest BCUT2D eigenvalue weighted by atomic mass is 9.88. The van der Waals surface area contributed by atoms with E-state index in [1.165, 1.54) is 22.5 Å². The van der Waals surface area contributed by atoms with E-state index in [2.05, 4.69) is 16.0 Å². The first-order chi connectivity index (χ1) is 13.7. The zero-order chi connectivity index (χ0) is 19.1. The van der Waals surface area contributed by atoms with Crippen LogP contribution in [0.15, 0.2) is 51.9 Å². The smallest absolute Gasteiger partial charge is 0.254 e. The van der Waals surface area contributed by atoms with Crippen LogP contribution in [0.1, 0.15) is 47.3 Å². The number of benzene rings is 1. The van der Waals surface area contributed by atoms with E-state index >= 15 is 0 Å². The molecule has 2 heterocycles. The Kier molecular flexibility index (Phi) is 4.37. The average molecular weight is 388 g/mol. The molecule has 4 nitrogen and oxygen atoms in total. The highest BCUT2D eigenvalue weighted by molar-refractivity contribution is 7.11. The summed E-state index contributed by atoms with van der Waals surface area (Å²) in [5, 5.41) is 11.2. The summed E-state index contributed by atoms with van der Waals surface area (Å²) in [6.45, 7) is 0.855. The van der Waals surface area contributed by atoms with E-state index in [0.717, 1.165) is 55.3 Å². The van der Waals surface area contributed by atoms with Gasteiger partial charge in [0.25, 0.3) is 5.91 Å². The number of carbonyl (C=O) groups is 1. The molecular weight excluding hydrogens is 366 g/mol. The van der Waals surface area contributed by atoms with Gasteiger partial charge in [-0.05, 0) is 72.4 Å². The molecular formula is C23H21N3OS. The van der Waals surface area contributed by atoms with Gasteiger partial charge in [0.2, 0.25) is 0 Å². The van der Waals surface area contributed by atoms with Gasteiger partial charge < -0.3 is 4.90 Å². The van der Waals surface area contributed by atoms with Crippen LogP contribution in [0.4, 0.5) is 0 Å². The van der Waals surface area contributed by atoms with Gasteiger partial charge in [-0.15, -0.1) is 11.3 Å². The Morgan fingerprint density at radius 3 is 2.71 bits per heavy atom. The standard InChI is InChI=1S/C23H21N3OS/c24-12-22-21(9-10-28-22)15-1-3-16(4-2-15)23(27)26(19-7-8-19)20-6-5-17-13-25-14-18(17)11-20/h1-4,9-10,14,19-20H,5-8,11,13H2. The van der Waals surface area contributed by atoms with Crippen molar-refractivity contribution in [1.82, 2.24) is 4.90 Å². The van der Waals surface area contributed by atoms with Gasteiger partial charge in [-0.25, -0.2) is 0 Å². The third-order valence-corrected chi connectivity index (χ3v) is 6.82. The van der Waals surface area contributed by atoms with Gasteiger partial charge in [0.05, 0.1) is 6.54 Å². The number of hydrogen-bond donors (Lipinski definition) is 0. The summed E-state index contributed by atoms with van der Waals surface area (Å²) >= 11 is 1.45. The van der Waals surface area contributed by atoms with Crippen LogP contribution in [0.25, 0.3) is 11.1 Å². The minimum Gasteiger partial charge on any atom is -0.332 e. The quantitative estimate of drug-likeness (QED) is 0.755. The van der Waals surface area contributed by atoms with Gasteiger partial charge >= 0.3 is 0 Å². The predicted octanol–water partition coefficient (Wildman–Crippen LogP) is 4.82. The van der Waals surface area contributed by atoms with Crippen molar-refractivity contribution in [1.29, 1.82) is 5.26 Å². The second kappa shape index (κ2) is 7.03. The third kappa shape index (κ3) is 3.08. The SMILES string of the molecule is N#Cc1sccc1-c1ccc(C(=O)N(C2CC2)C2CCC3=C(C=NC3)C2)cc1. The van der Waals surface area contributed by atoms with E-state index in [4.69, 9.17) is 0 Å². The predicted molar refractivity (Wildman–Crippen MR) is 112 cm³/mol. The molecule has 1 aliphatic heterocycles. The van der Waals surface area contributed by atoms with Crippen LogP contribution in [0, 0.1) is 11.3 Å². The summed E-state index contributed by atoms with van der Waals surface area (Å²) in [6.07, 6.45) is 7.29. The molecule has 1 atom stereocenters. The molecule has 5 heteroatoms. The minimum atomic E-state index is 0.142. The first-order valence-corrected chi connectivity index (χ1v) is 10.7. The first kappa shape index (κ1) is 17.4. The second-order valence-corrected chi connectivity index (χ2v) is 8.71. The molecule has 1 saturated carbocycles. The van der Waals surface area contributed by atoms with E-state index in [9.17, 15) is 10.1 Å². The molecule has 0 bridgehead atoms. The third-order valence-electron chi connectivity index (χ3n) is 6.00. The van der Waals surface area contributed by atoms with Crippen LogP contribution >= 0.6 is 11.3 Å². The maximum Gasteiger partial charge on any atom is 0.254 e. The Bertz CT molecular complexity index is 1020. The van der Waals surface area contributed by atoms with Crippen molar-refractivity contribution < 1.29 is 4.79 Å². The maximum atomic E-state index is 13.4. The summed E-state index contributed by atoms with van der Waals surface area (Å²) < 4.78 is 0. The Balaban J connectivity index is 1.38. The van der Waals surface area contributed by atoms with Crippen molar-refractivity contribution in [2.45, 2.75) is 44.2 Å². The Hall–Kier alpha value is -2.71. The fraction of sp³-hybridized carbons (Fsp3) is 0.348. The monoisotopic (exact) mass is 387 g/mol. The topological polar surface area (TPSA) is 56.5 Å². The van der Waals surface area contributed by atoms with Crippen LogP contribution in [0.2, 0.25) is 0 Å². The molecule has 2 aliphatic carbocycles. The molecule has 0 N–H and O–H groups in total. The molecule has 0 saturated heterocycles. The molecule has 0 radical (unpaired) electrons. The number of nitriles is 1. The van der Waals surface area contributed by atoms with Crippen molar-refractivity contribution in [3.8, 4) is 17.2 Å². The summed E-state index contributed by atoms with van der Waals surface area (Å²) in [7, 11) is 0. The molecule has 1 aromatic heterocycles. The Morgan fingerprint density at radius 1 is 1.14 bits per heavy atom. The number of rotatable bonds is 4. The van der Waals surface area contributed by atoms with Crippen molar-refractivity contribution in [2.24, 2.45) is 4.99 Å². The second-order valence-electron chi connectivity index (χ2n) is 7.79. The Morgan fingerprint density at radius 2 is 1.96 bits per heavy atom. The van der Waals surface area contributed by atoms with Gasteiger partial charge in [-0.3, -0.25) is 9.79 Å². The molecule has 1 amide bonds. The highest BCUT2D eigenvalue weighted by Crippen LogP contribution is 2.37. The minimum absolute atomic E-state index is 0.142. The van der Waals surface area contributed by atoms with Gasteiger partial charge in [-0.1, -0.05) is 12.1 Å². The van der Waals surface area contributed by atoms with Gasteiger partial charge in [-0.2, -0.15) is 5.26 Å². The lowest BCUT2D eigenvalue weighted by molar-refractivity contribution is 0.0645. The van der Waals surface area contributed by atoms with Crippen molar-refractivity contribution in [2.75, 3.05) is 6.54 Å². The van der Waals surface area contributed by atoms with Crippen LogP contribution < -0.4 is 0 Å². The molecule has 28 heavy (non-hydrogen) atoms. The van der Waals surface area contributed by atoms with Crippen molar-refractivity contribution >= 4 is 23.5 Å². The van der Waals surface area contributed by atoms with E-state index in [0.29, 0.717) is 10.9 Å². The van der Waals surface area contributed by atoms with E-state index in [1.807, 2.05) is 41.9 Å². The highest BCUT2D eigenvalue weighted by atomic mass is 32.1. The fourth-order valence-electron chi connectivity index (χ4n) is 4.38. The normalized spacial score (nSPS) is 20.8. The van der Waals surface area contributed by atoms with E-state index < -0.39 is 0 Å². The first-order valence-electron chi connectivity index (χ1n) is 9.86. The largest absolute Gasteiger partial charge is 0.332 e. The lowest BCUT2D eigenvalue weighted by Gasteiger charge is -2.35. The van der Waals surface area contributed by atoms with Crippen molar-refractivity contribution in [3.05, 3.63) is 57.3 Å². The lowest BCUT2D eigenvalue weighted by Crippen LogP contribution is -2.43. The Labute approximate surface area is 168 Å². The summed E-state index contributed by atoms with van der Waals surface area (Å²) in [5.74, 6) is 0.142. The van der Waals surface area contributed by atoms with Crippen LogP contribution in [-0.2, 0) is 0 Å². The number of nitrogens with zero attached hydrogens (tertiary/aromatic N) is 3. The zero-order valence-electron chi connectivity index (χ0n) is 15.6. The number of thiophene rings is 1. The number of hydrogen-bond acceptors (Lipinski definition) is 4. The van der Waals surface area contributed by atoms with Crippen LogP contribution in [-0.4, -0.2) is 35.7 Å². The molecule has 1 fully saturated rings. The molecule has 1 unspecified atom stereocenters. The fourth-order valence-corrected chi connectivity index (χ4v) is 5.08. The molecule has 1 aromatic carbocycles. The van der Waals surface area contributed by atoms with E-state index in [-0.39, 0.29) is 11.9 Å². The number of amides is 1. The number of carbonyl (C=O) groups excluding carboxylic acids is 1. The number of aliphatic imine (C=N–C) groups is 1. The van der Waals surface area contributed by atoms with Gasteiger partial charge in [0.15, 0.2) is 0 Å². The van der Waals surface area contributed by atoms with Crippen molar-refractivity contribution in [3.63, 3.8) is 0 Å². The molecule has 0 spiro atoms. The summed E-state index contributed by atoms with van der Waals surface area (Å²) in [4.78, 5) is 20.6. The molecule has 140 valence electrons. The van der Waals surface area contributed by atoms with Crippen LogP contribution in [0.3, 0.4) is 0 Å². The molecule has 5 rings (SSSR count). The van der Waals surface area contributed by atoms with Gasteiger partial charge in [0, 0.05) is 29.4 Å². The van der Waals surface area contributed by atoms with E-state index in [1.54, 1.807) is 0 Å². The summed E-state index contributed by atoms with van der Waals surface area (Å²) in [6, 6.07) is 12.6.